The van der Waals surface area contributed by atoms with Gasteiger partial charge in [-0.2, -0.15) is 0 Å². The quantitative estimate of drug-likeness (QED) is 0.781. The summed E-state index contributed by atoms with van der Waals surface area (Å²) < 4.78 is 5.52. The van der Waals surface area contributed by atoms with E-state index in [4.69, 9.17) is 9.84 Å². The summed E-state index contributed by atoms with van der Waals surface area (Å²) in [6.07, 6.45) is 3.62. The highest BCUT2D eigenvalue weighted by Crippen LogP contribution is 2.29. The molecule has 0 aromatic carbocycles. The van der Waals surface area contributed by atoms with Crippen molar-refractivity contribution in [1.29, 1.82) is 0 Å². The highest BCUT2D eigenvalue weighted by molar-refractivity contribution is 5.67. The Labute approximate surface area is 123 Å². The lowest BCUT2D eigenvalue weighted by atomic mass is 9.83. The molecule has 1 N–H and O–H groups in total. The summed E-state index contributed by atoms with van der Waals surface area (Å²) in [4.78, 5) is 13.4. The number of nitrogens with zero attached hydrogens (tertiary/aromatic N) is 1. The summed E-state index contributed by atoms with van der Waals surface area (Å²) in [5.41, 5.74) is -0.0982. The van der Waals surface area contributed by atoms with Crippen LogP contribution in [0, 0.1) is 11.8 Å². The van der Waals surface area contributed by atoms with Gasteiger partial charge in [0.2, 0.25) is 0 Å². The summed E-state index contributed by atoms with van der Waals surface area (Å²) in [7, 11) is 1.76. The van der Waals surface area contributed by atoms with Crippen LogP contribution in [0.1, 0.15) is 53.4 Å². The first-order chi connectivity index (χ1) is 9.25. The number of likely N-dealkylation sites (tertiary alicyclic amines) is 1. The Hall–Kier alpha value is -0.610. The van der Waals surface area contributed by atoms with Crippen molar-refractivity contribution in [3.8, 4) is 0 Å². The van der Waals surface area contributed by atoms with E-state index < -0.39 is 5.97 Å². The van der Waals surface area contributed by atoms with Crippen LogP contribution in [0.3, 0.4) is 0 Å². The van der Waals surface area contributed by atoms with Crippen LogP contribution in [0.5, 0.6) is 0 Å². The van der Waals surface area contributed by atoms with Crippen LogP contribution < -0.4 is 0 Å². The van der Waals surface area contributed by atoms with E-state index >= 15 is 0 Å². The molecule has 0 aromatic rings. The van der Waals surface area contributed by atoms with Gasteiger partial charge in [0.25, 0.3) is 0 Å². The van der Waals surface area contributed by atoms with Crippen molar-refractivity contribution in [1.82, 2.24) is 4.90 Å². The van der Waals surface area contributed by atoms with Gasteiger partial charge in [-0.15, -0.1) is 0 Å². The molecule has 0 aromatic heterocycles. The molecule has 3 atom stereocenters. The van der Waals surface area contributed by atoms with E-state index in [1.165, 1.54) is 6.42 Å². The molecule has 0 saturated carbocycles. The van der Waals surface area contributed by atoms with E-state index in [2.05, 4.69) is 32.6 Å². The molecule has 4 heteroatoms. The van der Waals surface area contributed by atoms with Crippen molar-refractivity contribution in [2.75, 3.05) is 20.2 Å². The normalized spacial score (nSPS) is 24.4. The Balaban J connectivity index is 2.53. The van der Waals surface area contributed by atoms with E-state index in [-0.39, 0.29) is 17.9 Å². The summed E-state index contributed by atoms with van der Waals surface area (Å²) in [6, 6.07) is 0.477. The SMILES string of the molecule is COC(C)(C)CC(C)N1CCCC(C(C)CC(=O)O)C1. The second kappa shape index (κ2) is 7.41. The molecule has 0 radical (unpaired) electrons. The van der Waals surface area contributed by atoms with Crippen LogP contribution >= 0.6 is 0 Å². The van der Waals surface area contributed by atoms with Gasteiger partial charge in [-0.05, 0) is 58.4 Å². The largest absolute Gasteiger partial charge is 0.481 e. The molecule has 118 valence electrons. The summed E-state index contributed by atoms with van der Waals surface area (Å²) in [6.45, 7) is 10.7. The minimum Gasteiger partial charge on any atom is -0.481 e. The third-order valence-electron chi connectivity index (χ3n) is 4.75. The fourth-order valence-corrected chi connectivity index (χ4v) is 3.27. The Morgan fingerprint density at radius 1 is 1.45 bits per heavy atom. The topological polar surface area (TPSA) is 49.8 Å². The van der Waals surface area contributed by atoms with Crippen molar-refractivity contribution in [3.05, 3.63) is 0 Å². The molecular formula is C16H31NO3. The van der Waals surface area contributed by atoms with E-state index in [1.54, 1.807) is 7.11 Å². The van der Waals surface area contributed by atoms with Gasteiger partial charge in [0.15, 0.2) is 0 Å². The lowest BCUT2D eigenvalue weighted by Crippen LogP contribution is -2.45. The first-order valence-corrected chi connectivity index (χ1v) is 7.76. The number of methoxy groups -OCH3 is 1. The van der Waals surface area contributed by atoms with Crippen LogP contribution in [0.15, 0.2) is 0 Å². The van der Waals surface area contributed by atoms with Gasteiger partial charge < -0.3 is 14.7 Å². The second-order valence-electron chi connectivity index (χ2n) is 6.99. The van der Waals surface area contributed by atoms with Crippen molar-refractivity contribution < 1.29 is 14.6 Å². The Morgan fingerprint density at radius 3 is 2.65 bits per heavy atom. The fourth-order valence-electron chi connectivity index (χ4n) is 3.27. The Kier molecular flexibility index (Phi) is 6.46. The molecule has 1 heterocycles. The van der Waals surface area contributed by atoms with Crippen LogP contribution in [0.4, 0.5) is 0 Å². The van der Waals surface area contributed by atoms with E-state index in [1.807, 2.05) is 0 Å². The van der Waals surface area contributed by atoms with Crippen LogP contribution in [-0.4, -0.2) is 47.8 Å². The van der Waals surface area contributed by atoms with Crippen LogP contribution in [-0.2, 0) is 9.53 Å². The lowest BCUT2D eigenvalue weighted by molar-refractivity contribution is -0.138. The standard InChI is InChI=1S/C16H31NO3/c1-12(9-15(18)19)14-7-6-8-17(11-14)13(2)10-16(3,4)20-5/h12-14H,6-11H2,1-5H3,(H,18,19). The number of rotatable bonds is 7. The molecule has 20 heavy (non-hydrogen) atoms. The zero-order valence-electron chi connectivity index (χ0n) is 13.7. The van der Waals surface area contributed by atoms with Crippen molar-refractivity contribution in [2.24, 2.45) is 11.8 Å². The maximum atomic E-state index is 10.9. The molecule has 1 saturated heterocycles. The number of piperidine rings is 1. The van der Waals surface area contributed by atoms with Crippen LogP contribution in [0.2, 0.25) is 0 Å². The van der Waals surface area contributed by atoms with E-state index in [9.17, 15) is 4.79 Å². The molecule has 0 amide bonds. The number of hydrogen-bond donors (Lipinski definition) is 1. The van der Waals surface area contributed by atoms with Gasteiger partial charge in [-0.1, -0.05) is 6.92 Å². The van der Waals surface area contributed by atoms with Crippen molar-refractivity contribution in [3.63, 3.8) is 0 Å². The number of aliphatic carboxylic acids is 1. The van der Waals surface area contributed by atoms with Gasteiger partial charge >= 0.3 is 5.97 Å². The molecule has 0 bridgehead atoms. The van der Waals surface area contributed by atoms with Crippen LogP contribution in [0.25, 0.3) is 0 Å². The predicted molar refractivity (Wildman–Crippen MR) is 80.9 cm³/mol. The molecule has 0 aliphatic carbocycles. The number of carbonyl (C=O) groups is 1. The Bertz CT molecular complexity index is 317. The number of carboxylic acid groups (broad SMARTS) is 1. The first kappa shape index (κ1) is 17.4. The fraction of sp³-hybridized carbons (Fsp3) is 0.938. The molecule has 3 unspecified atom stereocenters. The van der Waals surface area contributed by atoms with Gasteiger partial charge in [0, 0.05) is 26.1 Å². The zero-order chi connectivity index (χ0) is 15.3. The highest BCUT2D eigenvalue weighted by Gasteiger charge is 2.30. The van der Waals surface area contributed by atoms with Gasteiger partial charge in [-0.3, -0.25) is 4.79 Å². The molecular weight excluding hydrogens is 254 g/mol. The molecule has 1 aliphatic rings. The summed E-state index contributed by atoms with van der Waals surface area (Å²) >= 11 is 0. The minimum absolute atomic E-state index is 0.0982. The van der Waals surface area contributed by atoms with E-state index in [0.717, 1.165) is 25.9 Å². The molecule has 1 rings (SSSR count). The molecule has 0 spiro atoms. The smallest absolute Gasteiger partial charge is 0.303 e. The van der Waals surface area contributed by atoms with Gasteiger partial charge in [0.1, 0.15) is 0 Å². The molecule has 4 nitrogen and oxygen atoms in total. The van der Waals surface area contributed by atoms with Gasteiger partial charge in [-0.25, -0.2) is 0 Å². The lowest BCUT2D eigenvalue weighted by Gasteiger charge is -2.41. The van der Waals surface area contributed by atoms with Crippen molar-refractivity contribution >= 4 is 5.97 Å². The van der Waals surface area contributed by atoms with Gasteiger partial charge in [0.05, 0.1) is 5.60 Å². The number of hydrogen-bond acceptors (Lipinski definition) is 3. The average molecular weight is 285 g/mol. The third kappa shape index (κ3) is 5.41. The second-order valence-corrected chi connectivity index (χ2v) is 6.99. The highest BCUT2D eigenvalue weighted by atomic mass is 16.5. The summed E-state index contributed by atoms with van der Waals surface area (Å²) in [5.74, 6) is 0.0917. The summed E-state index contributed by atoms with van der Waals surface area (Å²) in [5, 5.41) is 8.94. The zero-order valence-corrected chi connectivity index (χ0v) is 13.7. The third-order valence-corrected chi connectivity index (χ3v) is 4.75. The Morgan fingerprint density at radius 2 is 2.10 bits per heavy atom. The number of ether oxygens (including phenoxy) is 1. The molecule has 1 aliphatic heterocycles. The van der Waals surface area contributed by atoms with E-state index in [0.29, 0.717) is 12.0 Å². The predicted octanol–water partition coefficient (Wildman–Crippen LogP) is 3.01. The maximum absolute atomic E-state index is 10.9. The average Bonchev–Trinajstić information content (AvgIpc) is 2.37. The maximum Gasteiger partial charge on any atom is 0.303 e. The number of carboxylic acids is 1. The minimum atomic E-state index is -0.678. The van der Waals surface area contributed by atoms with Crippen molar-refractivity contribution in [2.45, 2.75) is 65.0 Å². The molecule has 1 fully saturated rings. The monoisotopic (exact) mass is 285 g/mol. The first-order valence-electron chi connectivity index (χ1n) is 7.76.